The maximum atomic E-state index is 14.8. The predicted molar refractivity (Wildman–Crippen MR) is 119 cm³/mol. The Morgan fingerprint density at radius 2 is 1.73 bits per heavy atom. The summed E-state index contributed by atoms with van der Waals surface area (Å²) in [5.74, 6) is -6.11. The molecule has 2 N–H and O–H groups in total. The minimum Gasteiger partial charge on any atom is -0.326 e. The van der Waals surface area contributed by atoms with Crippen LogP contribution in [-0.4, -0.2) is 35.5 Å². The fraction of sp³-hybridized carbons (Fsp3) is 0.250. The first kappa shape index (κ1) is 26.7. The van der Waals surface area contributed by atoms with Gasteiger partial charge >= 0.3 is 6.43 Å². The monoisotopic (exact) mass is 527 g/mol. The van der Waals surface area contributed by atoms with E-state index in [4.69, 9.17) is 34.8 Å². The van der Waals surface area contributed by atoms with E-state index in [2.05, 4.69) is 10.6 Å². The first-order chi connectivity index (χ1) is 15.2. The number of hydrogen-bond acceptors (Lipinski definition) is 3. The number of nitrogens with zero attached hydrogens (tertiary/aromatic N) is 1. The van der Waals surface area contributed by atoms with Crippen LogP contribution in [0, 0.1) is 11.6 Å². The van der Waals surface area contributed by atoms with Crippen LogP contribution in [0.5, 0.6) is 0 Å². The number of anilines is 3. The summed E-state index contributed by atoms with van der Waals surface area (Å²) in [6.07, 6.45) is -3.76. The van der Waals surface area contributed by atoms with E-state index < -0.39 is 51.5 Å². The van der Waals surface area contributed by atoms with E-state index >= 15 is 0 Å². The van der Waals surface area contributed by atoms with Crippen LogP contribution < -0.4 is 15.5 Å². The molecule has 0 unspecified atom stereocenters. The Labute approximate surface area is 200 Å². The highest BCUT2D eigenvalue weighted by atomic mass is 35.5. The molecule has 0 atom stereocenters. The topological polar surface area (TPSA) is 78.5 Å². The number of carbonyl (C=O) groups excluding carboxylic acids is 3. The van der Waals surface area contributed by atoms with Crippen molar-refractivity contribution in [2.75, 3.05) is 22.6 Å². The molecule has 13 heteroatoms. The quantitative estimate of drug-likeness (QED) is 0.362. The summed E-state index contributed by atoms with van der Waals surface area (Å²) in [6, 6.07) is 5.39. The summed E-state index contributed by atoms with van der Waals surface area (Å²) < 4.78 is 52.8. The first-order valence-electron chi connectivity index (χ1n) is 9.03. The Kier molecular flexibility index (Phi) is 8.56. The maximum Gasteiger partial charge on any atom is 0.316 e. The molecule has 3 amide bonds. The molecule has 0 saturated heterocycles. The molecule has 0 fully saturated rings. The van der Waals surface area contributed by atoms with Gasteiger partial charge in [0.2, 0.25) is 5.91 Å². The number of alkyl halides is 4. The zero-order valence-corrected chi connectivity index (χ0v) is 19.3. The molecule has 6 nitrogen and oxygen atoms in total. The van der Waals surface area contributed by atoms with Crippen LogP contribution >= 0.6 is 34.8 Å². The Bertz CT molecular complexity index is 1090. The third-order valence-electron chi connectivity index (χ3n) is 4.13. The molecule has 0 bridgehead atoms. The molecular formula is C20H16Cl3F4N3O3. The van der Waals surface area contributed by atoms with Gasteiger partial charge in [0.1, 0.15) is 15.8 Å². The standard InChI is InChI=1S/C20H16Cl3F4N3O3/c1-20(22,23)8-14(31)28-9-3-4-11(21)10(7-9)18(32)29-13-6-5-12(24)16(15(13)25)30(2)19(33)17(26)27/h3-7,17H,8H2,1-2H3,(H,28,31)(H,29,32). The summed E-state index contributed by atoms with van der Waals surface area (Å²) >= 11 is 17.6. The second kappa shape index (κ2) is 10.6. The predicted octanol–water partition coefficient (Wildman–Crippen LogP) is 5.62. The van der Waals surface area contributed by atoms with Crippen molar-refractivity contribution in [1.29, 1.82) is 0 Å². The van der Waals surface area contributed by atoms with Crippen molar-refractivity contribution in [3.05, 3.63) is 52.6 Å². The normalized spacial score (nSPS) is 11.3. The largest absolute Gasteiger partial charge is 0.326 e. The van der Waals surface area contributed by atoms with Crippen LogP contribution in [0.15, 0.2) is 30.3 Å². The summed E-state index contributed by atoms with van der Waals surface area (Å²) in [5.41, 5.74) is -1.72. The lowest BCUT2D eigenvalue weighted by Crippen LogP contribution is -2.33. The molecule has 0 aromatic heterocycles. The van der Waals surface area contributed by atoms with Crippen LogP contribution in [0.2, 0.25) is 5.02 Å². The average Bonchev–Trinajstić information content (AvgIpc) is 2.69. The number of carbonyl (C=O) groups is 3. The summed E-state index contributed by atoms with van der Waals surface area (Å²) in [4.78, 5) is 36.2. The van der Waals surface area contributed by atoms with Gasteiger partial charge in [-0.2, -0.15) is 8.78 Å². The van der Waals surface area contributed by atoms with Gasteiger partial charge in [-0.15, -0.1) is 23.2 Å². The number of benzene rings is 2. The van der Waals surface area contributed by atoms with Crippen molar-refractivity contribution in [3.8, 4) is 0 Å². The highest BCUT2D eigenvalue weighted by molar-refractivity contribution is 6.49. The number of amides is 3. The van der Waals surface area contributed by atoms with Crippen LogP contribution in [0.3, 0.4) is 0 Å². The molecule has 0 radical (unpaired) electrons. The fourth-order valence-electron chi connectivity index (χ4n) is 2.66. The Hall–Kier alpha value is -2.56. The zero-order valence-electron chi connectivity index (χ0n) is 17.0. The van der Waals surface area contributed by atoms with Gasteiger partial charge in [-0.25, -0.2) is 8.78 Å². The van der Waals surface area contributed by atoms with Gasteiger partial charge in [0.05, 0.1) is 22.7 Å². The first-order valence-corrected chi connectivity index (χ1v) is 10.2. The molecule has 0 heterocycles. The number of halogens is 7. The molecule has 178 valence electrons. The average molecular weight is 529 g/mol. The van der Waals surface area contributed by atoms with E-state index in [1.165, 1.54) is 25.1 Å². The van der Waals surface area contributed by atoms with Crippen LogP contribution in [0.4, 0.5) is 34.6 Å². The molecule has 0 aliphatic heterocycles. The lowest BCUT2D eigenvalue weighted by Gasteiger charge is -2.20. The molecular weight excluding hydrogens is 513 g/mol. The van der Waals surface area contributed by atoms with E-state index in [1.807, 2.05) is 0 Å². The zero-order chi connectivity index (χ0) is 25.1. The Morgan fingerprint density at radius 1 is 1.09 bits per heavy atom. The van der Waals surface area contributed by atoms with Crippen molar-refractivity contribution in [2.24, 2.45) is 0 Å². The SMILES string of the molecule is CN(C(=O)C(F)F)c1c(F)ccc(NC(=O)c2cc(NC(=O)CC(C)(Cl)Cl)ccc2Cl)c1F. The highest BCUT2D eigenvalue weighted by Crippen LogP contribution is 2.31. The molecule has 0 saturated carbocycles. The van der Waals surface area contributed by atoms with Gasteiger partial charge in [0.15, 0.2) is 5.82 Å². The molecule has 0 aliphatic carbocycles. The van der Waals surface area contributed by atoms with Crippen LogP contribution in [-0.2, 0) is 9.59 Å². The number of rotatable bonds is 7. The van der Waals surface area contributed by atoms with Gasteiger partial charge in [-0.1, -0.05) is 11.6 Å². The third kappa shape index (κ3) is 6.96. The van der Waals surface area contributed by atoms with Crippen molar-refractivity contribution in [1.82, 2.24) is 0 Å². The van der Waals surface area contributed by atoms with Crippen molar-refractivity contribution in [2.45, 2.75) is 24.1 Å². The molecule has 33 heavy (non-hydrogen) atoms. The van der Waals surface area contributed by atoms with E-state index in [9.17, 15) is 31.9 Å². The van der Waals surface area contributed by atoms with Gasteiger partial charge < -0.3 is 15.5 Å². The smallest absolute Gasteiger partial charge is 0.316 e. The Morgan fingerprint density at radius 3 is 2.30 bits per heavy atom. The van der Waals surface area contributed by atoms with Gasteiger partial charge in [-0.05, 0) is 37.3 Å². The van der Waals surface area contributed by atoms with E-state index in [0.29, 0.717) is 6.07 Å². The lowest BCUT2D eigenvalue weighted by molar-refractivity contribution is -0.128. The summed E-state index contributed by atoms with van der Waals surface area (Å²) in [5, 5.41) is 4.53. The second-order valence-corrected chi connectivity index (χ2v) is 9.17. The number of nitrogens with one attached hydrogen (secondary N) is 2. The molecule has 2 aromatic rings. The van der Waals surface area contributed by atoms with E-state index in [0.717, 1.165) is 13.1 Å². The van der Waals surface area contributed by atoms with Gasteiger partial charge in [-0.3, -0.25) is 14.4 Å². The van der Waals surface area contributed by atoms with Gasteiger partial charge in [0.25, 0.3) is 11.8 Å². The minimum atomic E-state index is -3.50. The third-order valence-corrected chi connectivity index (χ3v) is 4.73. The maximum absolute atomic E-state index is 14.8. The van der Waals surface area contributed by atoms with Gasteiger partial charge in [0, 0.05) is 12.7 Å². The van der Waals surface area contributed by atoms with Crippen LogP contribution in [0.25, 0.3) is 0 Å². The lowest BCUT2D eigenvalue weighted by atomic mass is 10.1. The van der Waals surface area contributed by atoms with Crippen molar-refractivity contribution < 1.29 is 31.9 Å². The summed E-state index contributed by atoms with van der Waals surface area (Å²) in [7, 11) is 0.761. The van der Waals surface area contributed by atoms with Crippen molar-refractivity contribution in [3.63, 3.8) is 0 Å². The highest BCUT2D eigenvalue weighted by Gasteiger charge is 2.28. The molecule has 2 rings (SSSR count). The second-order valence-electron chi connectivity index (χ2n) is 6.90. The van der Waals surface area contributed by atoms with E-state index in [1.54, 1.807) is 0 Å². The minimum absolute atomic E-state index is 0.0715. The fourth-order valence-corrected chi connectivity index (χ4v) is 3.10. The molecule has 2 aromatic carbocycles. The van der Waals surface area contributed by atoms with Crippen LogP contribution in [0.1, 0.15) is 23.7 Å². The summed E-state index contributed by atoms with van der Waals surface area (Å²) in [6.45, 7) is 1.41. The molecule has 0 spiro atoms. The van der Waals surface area contributed by atoms with E-state index in [-0.39, 0.29) is 27.6 Å². The van der Waals surface area contributed by atoms with Crippen molar-refractivity contribution >= 4 is 69.6 Å². The number of hydrogen-bond donors (Lipinski definition) is 2. The molecule has 0 aliphatic rings. The Balaban J connectivity index is 2.31.